The zero-order valence-electron chi connectivity index (χ0n) is 18.5. The molecular formula is C26H28ClN3O3. The van der Waals surface area contributed by atoms with Crippen molar-refractivity contribution < 1.29 is 9.90 Å². The average Bonchev–Trinajstić information content (AvgIpc) is 2.84. The van der Waals surface area contributed by atoms with Crippen LogP contribution in [0.4, 0.5) is 5.69 Å². The van der Waals surface area contributed by atoms with Crippen LogP contribution in [-0.4, -0.2) is 53.2 Å². The number of pyridine rings is 1. The van der Waals surface area contributed by atoms with Crippen molar-refractivity contribution in [3.63, 3.8) is 0 Å². The second-order valence-corrected chi connectivity index (χ2v) is 9.51. The van der Waals surface area contributed by atoms with Gasteiger partial charge in [0.05, 0.1) is 12.0 Å². The van der Waals surface area contributed by atoms with Crippen molar-refractivity contribution >= 4 is 34.1 Å². The van der Waals surface area contributed by atoms with Crippen LogP contribution in [0, 0.1) is 5.92 Å². The second-order valence-electron chi connectivity index (χ2n) is 9.08. The first-order valence-electron chi connectivity index (χ1n) is 11.6. The van der Waals surface area contributed by atoms with E-state index in [0.717, 1.165) is 41.4 Å². The zero-order valence-corrected chi connectivity index (χ0v) is 19.2. The van der Waals surface area contributed by atoms with E-state index in [0.29, 0.717) is 43.2 Å². The van der Waals surface area contributed by atoms with Gasteiger partial charge in [-0.2, -0.15) is 0 Å². The van der Waals surface area contributed by atoms with Crippen LogP contribution >= 0.6 is 11.6 Å². The number of carbonyl (C=O) groups is 1. The van der Waals surface area contributed by atoms with Gasteiger partial charge in [0, 0.05) is 47.7 Å². The summed E-state index contributed by atoms with van der Waals surface area (Å²) in [6, 6.07) is 15.4. The highest BCUT2D eigenvalue weighted by Gasteiger charge is 2.33. The first-order valence-corrected chi connectivity index (χ1v) is 12.0. The number of amides is 1. The molecule has 3 aromatic rings. The number of aromatic nitrogens is 1. The molecule has 2 aromatic carbocycles. The van der Waals surface area contributed by atoms with Gasteiger partial charge in [-0.05, 0) is 49.4 Å². The Balaban J connectivity index is 1.54. The van der Waals surface area contributed by atoms with E-state index >= 15 is 0 Å². The van der Waals surface area contributed by atoms with Crippen molar-refractivity contribution in [3.8, 4) is 11.1 Å². The third-order valence-corrected chi connectivity index (χ3v) is 7.11. The number of fused-ring (bicyclic) bond motifs is 1. The minimum atomic E-state index is -0.312. The van der Waals surface area contributed by atoms with Crippen LogP contribution in [-0.2, 0) is 4.79 Å². The summed E-state index contributed by atoms with van der Waals surface area (Å²) < 4.78 is 0. The number of benzene rings is 2. The molecule has 0 bridgehead atoms. The molecule has 1 aromatic heterocycles. The van der Waals surface area contributed by atoms with Gasteiger partial charge in [0.1, 0.15) is 5.69 Å². The number of nitrogens with one attached hydrogen (secondary N) is 1. The van der Waals surface area contributed by atoms with Crippen molar-refractivity contribution in [2.24, 2.45) is 5.92 Å². The van der Waals surface area contributed by atoms with Crippen molar-refractivity contribution in [2.45, 2.75) is 31.8 Å². The topological polar surface area (TPSA) is 76.6 Å². The lowest BCUT2D eigenvalue weighted by Crippen LogP contribution is -2.48. The second kappa shape index (κ2) is 9.20. The fourth-order valence-electron chi connectivity index (χ4n) is 5.18. The number of carbonyl (C=O) groups excluding carboxylic acids is 1. The minimum absolute atomic E-state index is 0.133. The van der Waals surface area contributed by atoms with Crippen LogP contribution < -0.4 is 10.5 Å². The maximum Gasteiger partial charge on any atom is 0.272 e. The number of aliphatic hydroxyl groups excluding tert-OH is 1. The molecule has 1 atom stereocenters. The van der Waals surface area contributed by atoms with Crippen molar-refractivity contribution in [1.29, 1.82) is 0 Å². The van der Waals surface area contributed by atoms with Gasteiger partial charge < -0.3 is 19.9 Å². The normalized spacial score (nSPS) is 19.8. The fourth-order valence-corrected chi connectivity index (χ4v) is 5.35. The molecule has 1 amide bonds. The van der Waals surface area contributed by atoms with Gasteiger partial charge in [0.25, 0.3) is 5.56 Å². The Morgan fingerprint density at radius 2 is 1.79 bits per heavy atom. The molecule has 0 radical (unpaired) electrons. The lowest BCUT2D eigenvalue weighted by Gasteiger charge is -2.38. The SMILES string of the molecule is O=C(C1CCCN(c2c(-c3ccccc3)c3cc(Cl)ccc3[nH]c2=O)C1)N1CCC(O)CC1. The number of halogens is 1. The van der Waals surface area contributed by atoms with Gasteiger partial charge in [-0.15, -0.1) is 0 Å². The largest absolute Gasteiger partial charge is 0.393 e. The molecule has 33 heavy (non-hydrogen) atoms. The molecule has 2 fully saturated rings. The Hall–Kier alpha value is -2.83. The van der Waals surface area contributed by atoms with Crippen LogP contribution in [0.3, 0.4) is 0 Å². The maximum atomic E-state index is 13.4. The molecule has 2 aliphatic rings. The van der Waals surface area contributed by atoms with Gasteiger partial charge in [-0.25, -0.2) is 0 Å². The Morgan fingerprint density at radius 3 is 2.55 bits per heavy atom. The minimum Gasteiger partial charge on any atom is -0.393 e. The summed E-state index contributed by atoms with van der Waals surface area (Å²) >= 11 is 6.34. The van der Waals surface area contributed by atoms with Gasteiger partial charge in [-0.3, -0.25) is 9.59 Å². The summed E-state index contributed by atoms with van der Waals surface area (Å²) in [5.41, 5.74) is 2.99. The zero-order chi connectivity index (χ0) is 22.9. The highest BCUT2D eigenvalue weighted by atomic mass is 35.5. The molecule has 1 unspecified atom stereocenters. The molecule has 0 aliphatic carbocycles. The van der Waals surface area contributed by atoms with Crippen LogP contribution in [0.25, 0.3) is 22.0 Å². The number of H-pyrrole nitrogens is 1. The quantitative estimate of drug-likeness (QED) is 0.611. The van der Waals surface area contributed by atoms with Crippen molar-refractivity contribution in [3.05, 3.63) is 63.9 Å². The maximum absolute atomic E-state index is 13.4. The molecular weight excluding hydrogens is 438 g/mol. The molecule has 172 valence electrons. The molecule has 2 aliphatic heterocycles. The number of aromatic amines is 1. The smallest absolute Gasteiger partial charge is 0.272 e. The number of hydrogen-bond donors (Lipinski definition) is 2. The summed E-state index contributed by atoms with van der Waals surface area (Å²) in [5.74, 6) is -0.0276. The average molecular weight is 466 g/mol. The van der Waals surface area contributed by atoms with Crippen molar-refractivity contribution in [1.82, 2.24) is 9.88 Å². The predicted octanol–water partition coefficient (Wildman–Crippen LogP) is 4.05. The molecule has 5 rings (SSSR count). The Labute approximate surface area is 197 Å². The van der Waals surface area contributed by atoms with E-state index in [-0.39, 0.29) is 23.5 Å². The summed E-state index contributed by atoms with van der Waals surface area (Å²) in [5, 5.41) is 11.3. The highest BCUT2D eigenvalue weighted by Crippen LogP contribution is 2.37. The lowest BCUT2D eigenvalue weighted by atomic mass is 9.93. The molecule has 6 nitrogen and oxygen atoms in total. The first-order chi connectivity index (χ1) is 16.0. The fraction of sp³-hybridized carbons (Fsp3) is 0.385. The van der Waals surface area contributed by atoms with E-state index in [1.807, 2.05) is 47.4 Å². The van der Waals surface area contributed by atoms with Crippen molar-refractivity contribution in [2.75, 3.05) is 31.1 Å². The van der Waals surface area contributed by atoms with E-state index in [1.54, 1.807) is 6.07 Å². The van der Waals surface area contributed by atoms with Gasteiger partial charge in [-0.1, -0.05) is 41.9 Å². The number of aliphatic hydroxyl groups is 1. The van der Waals surface area contributed by atoms with E-state index < -0.39 is 0 Å². The van der Waals surface area contributed by atoms with Crippen LogP contribution in [0.2, 0.25) is 5.02 Å². The molecule has 0 saturated carbocycles. The first kappa shape index (κ1) is 22.0. The van der Waals surface area contributed by atoms with Gasteiger partial charge >= 0.3 is 0 Å². The lowest BCUT2D eigenvalue weighted by molar-refractivity contribution is -0.137. The third-order valence-electron chi connectivity index (χ3n) is 6.88. The standard InChI is InChI=1S/C26H28ClN3O3/c27-19-8-9-22-21(15-19)23(17-5-2-1-3-6-17)24(25(32)28-22)30-12-4-7-18(16-30)26(33)29-13-10-20(31)11-14-29/h1-3,5-6,8-9,15,18,20,31H,4,7,10-14,16H2,(H,28,32). The van der Waals surface area contributed by atoms with E-state index in [9.17, 15) is 14.7 Å². The Bertz CT molecular complexity index is 1220. The number of hydrogen-bond acceptors (Lipinski definition) is 4. The number of anilines is 1. The highest BCUT2D eigenvalue weighted by molar-refractivity contribution is 6.31. The van der Waals surface area contributed by atoms with E-state index in [2.05, 4.69) is 9.88 Å². The van der Waals surface area contributed by atoms with Crippen LogP contribution in [0.1, 0.15) is 25.7 Å². The van der Waals surface area contributed by atoms with Crippen LogP contribution in [0.15, 0.2) is 53.3 Å². The number of rotatable bonds is 3. The molecule has 7 heteroatoms. The summed E-state index contributed by atoms with van der Waals surface area (Å²) in [6.45, 7) is 2.42. The number of likely N-dealkylation sites (tertiary alicyclic amines) is 1. The molecule has 0 spiro atoms. The Morgan fingerprint density at radius 1 is 1.03 bits per heavy atom. The summed E-state index contributed by atoms with van der Waals surface area (Å²) in [7, 11) is 0. The Kier molecular flexibility index (Phi) is 6.13. The third kappa shape index (κ3) is 4.37. The molecule has 2 N–H and O–H groups in total. The molecule has 2 saturated heterocycles. The van der Waals surface area contributed by atoms with Crippen LogP contribution in [0.5, 0.6) is 0 Å². The summed E-state index contributed by atoms with van der Waals surface area (Å²) in [4.78, 5) is 33.6. The van der Waals surface area contributed by atoms with Gasteiger partial charge in [0.15, 0.2) is 0 Å². The van der Waals surface area contributed by atoms with E-state index in [1.165, 1.54) is 0 Å². The molecule has 3 heterocycles. The predicted molar refractivity (Wildman–Crippen MR) is 132 cm³/mol. The van der Waals surface area contributed by atoms with Gasteiger partial charge in [0.2, 0.25) is 5.91 Å². The number of nitrogens with zero attached hydrogens (tertiary/aromatic N) is 2. The van der Waals surface area contributed by atoms with E-state index in [4.69, 9.17) is 11.6 Å². The number of piperidine rings is 2. The monoisotopic (exact) mass is 465 g/mol. The summed E-state index contributed by atoms with van der Waals surface area (Å²) in [6.07, 6.45) is 2.60.